The van der Waals surface area contributed by atoms with Gasteiger partial charge in [0.05, 0.1) is 26.2 Å². The summed E-state index contributed by atoms with van der Waals surface area (Å²) in [5.41, 5.74) is 0.0664. The van der Waals surface area contributed by atoms with Crippen molar-refractivity contribution in [2.24, 2.45) is 0 Å². The van der Waals surface area contributed by atoms with Gasteiger partial charge in [-0.15, -0.1) is 29.3 Å². The molecule has 0 bridgehead atoms. The van der Waals surface area contributed by atoms with Crippen molar-refractivity contribution in [2.75, 3.05) is 0 Å². The summed E-state index contributed by atoms with van der Waals surface area (Å²) in [6, 6.07) is 29.4. The zero-order valence-electron chi connectivity index (χ0n) is 47.6. The van der Waals surface area contributed by atoms with Crippen molar-refractivity contribution in [2.45, 2.75) is 65.5 Å². The number of rotatable bonds is 7. The van der Waals surface area contributed by atoms with Crippen molar-refractivity contribution in [1.82, 2.24) is 14.5 Å². The van der Waals surface area contributed by atoms with E-state index in [9.17, 15) is 6.48 Å². The molecule has 8 rings (SSSR count). The zero-order valence-corrected chi connectivity index (χ0v) is 33.9. The van der Waals surface area contributed by atoms with Gasteiger partial charge in [-0.3, -0.25) is 9.55 Å². The third-order valence-electron chi connectivity index (χ3n) is 9.77. The SMILES string of the molecule is [2H]c1nc(-c2[c-]c(-c3cccc4c3nc(-c3ccccc3O)n4-c3ccc(-c4ccccc4)c(CC)c3)cc(C(C)(C)C)c2)c([2H])c(-c2c([2H])c([2H])c(C(C([2H])([2H])[2H])(C([2H])([2H])[2H])C([2H])([2H])[2H])c([2H])c2[2H])c1[2H].[Pt]. The average Bonchev–Trinajstić information content (AvgIpc) is 3.70. The van der Waals surface area contributed by atoms with E-state index in [0.29, 0.717) is 39.1 Å². The molecular weight excluding hydrogens is 878 g/mol. The van der Waals surface area contributed by atoms with Gasteiger partial charge in [-0.1, -0.05) is 150 Å². The van der Waals surface area contributed by atoms with Gasteiger partial charge in [0.1, 0.15) is 11.6 Å². The largest absolute Gasteiger partial charge is 0.507 e. The van der Waals surface area contributed by atoms with Gasteiger partial charge in [0, 0.05) is 51.0 Å². The molecule has 1 N–H and O–H groups in total. The minimum absolute atomic E-state index is 0. The minimum atomic E-state index is -3.92. The Bertz CT molecular complexity index is 3380. The van der Waals surface area contributed by atoms with E-state index in [4.69, 9.17) is 25.5 Å². The van der Waals surface area contributed by atoms with Gasteiger partial charge in [0.2, 0.25) is 0 Å². The van der Waals surface area contributed by atoms with Crippen molar-refractivity contribution < 1.29 is 48.1 Å². The number of fused-ring (bicyclic) bond motifs is 1. The second-order valence-electron chi connectivity index (χ2n) is 14.7. The predicted molar refractivity (Wildman–Crippen MR) is 233 cm³/mol. The summed E-state index contributed by atoms with van der Waals surface area (Å²) in [4.78, 5) is 9.55. The third-order valence-corrected chi connectivity index (χ3v) is 9.77. The average molecular weight is 942 g/mol. The van der Waals surface area contributed by atoms with Crippen molar-refractivity contribution in [3.8, 4) is 67.5 Å². The second-order valence-corrected chi connectivity index (χ2v) is 14.7. The van der Waals surface area contributed by atoms with Gasteiger partial charge in [0.15, 0.2) is 0 Å². The van der Waals surface area contributed by atoms with Gasteiger partial charge in [0.25, 0.3) is 0 Å². The van der Waals surface area contributed by atoms with Crippen LogP contribution in [0.2, 0.25) is 0 Å². The fraction of sp³-hybridized carbons (Fsp3) is 0.192. The molecule has 0 radical (unpaired) electrons. The molecule has 0 fully saturated rings. The Kier molecular flexibility index (Phi) is 6.70. The predicted octanol–water partition coefficient (Wildman–Crippen LogP) is 13.4. The summed E-state index contributed by atoms with van der Waals surface area (Å²) in [7, 11) is 0. The van der Waals surface area contributed by atoms with Gasteiger partial charge >= 0.3 is 0 Å². The molecule has 288 valence electrons. The van der Waals surface area contributed by atoms with Crippen LogP contribution in [0.4, 0.5) is 0 Å². The van der Waals surface area contributed by atoms with Crippen LogP contribution in [0.1, 0.15) is 86.9 Å². The Morgan fingerprint density at radius 2 is 1.42 bits per heavy atom. The molecule has 0 aliphatic heterocycles. The number of para-hydroxylation sites is 2. The Labute approximate surface area is 374 Å². The summed E-state index contributed by atoms with van der Waals surface area (Å²) >= 11 is 0. The molecule has 0 amide bonds. The second kappa shape index (κ2) is 15.8. The van der Waals surface area contributed by atoms with Crippen LogP contribution in [0.5, 0.6) is 5.75 Å². The quantitative estimate of drug-likeness (QED) is 0.162. The third kappa shape index (κ3) is 7.89. The molecule has 4 nitrogen and oxygen atoms in total. The van der Waals surface area contributed by atoms with E-state index in [1.54, 1.807) is 30.3 Å². The van der Waals surface area contributed by atoms with E-state index < -0.39 is 90.5 Å². The number of nitrogens with zero attached hydrogens (tertiary/aromatic N) is 3. The number of imidazole rings is 1. The van der Waals surface area contributed by atoms with E-state index in [0.717, 1.165) is 28.8 Å². The van der Waals surface area contributed by atoms with E-state index in [2.05, 4.69) is 42.2 Å². The Balaban J connectivity index is 0.00000780. The molecule has 2 heterocycles. The molecule has 0 saturated carbocycles. The number of phenolic OH excluding ortho intramolecular Hbond substituents is 1. The topological polar surface area (TPSA) is 50.9 Å². The first-order valence-corrected chi connectivity index (χ1v) is 18.2. The van der Waals surface area contributed by atoms with Crippen LogP contribution in [-0.4, -0.2) is 19.6 Å². The summed E-state index contributed by atoms with van der Waals surface area (Å²) in [5.74, 6) is 0.453. The van der Waals surface area contributed by atoms with Crippen LogP contribution in [0.15, 0.2) is 146 Å². The Morgan fingerprint density at radius 1 is 0.702 bits per heavy atom. The number of aromatic nitrogens is 3. The molecule has 0 atom stereocenters. The van der Waals surface area contributed by atoms with Crippen LogP contribution in [0.25, 0.3) is 72.7 Å². The maximum atomic E-state index is 11.3. The first-order chi connectivity index (χ1) is 33.6. The first kappa shape index (κ1) is 24.3. The molecule has 0 unspecified atom stereocenters. The molecule has 0 saturated heterocycles. The summed E-state index contributed by atoms with van der Waals surface area (Å²) < 4.78 is 139. The minimum Gasteiger partial charge on any atom is -0.507 e. The van der Waals surface area contributed by atoms with Crippen LogP contribution >= 0.6 is 0 Å². The van der Waals surface area contributed by atoms with Crippen LogP contribution in [0.3, 0.4) is 0 Å². The van der Waals surface area contributed by atoms with Crippen molar-refractivity contribution in [3.05, 3.63) is 168 Å². The Morgan fingerprint density at radius 3 is 2.14 bits per heavy atom. The molecule has 6 aromatic carbocycles. The first-order valence-electron chi connectivity index (χ1n) is 26.2. The number of aromatic hydroxyl groups is 1. The number of aryl methyl sites for hydroxylation is 1. The monoisotopic (exact) mass is 941 g/mol. The van der Waals surface area contributed by atoms with Gasteiger partial charge in [-0.25, -0.2) is 4.98 Å². The molecule has 2 aromatic heterocycles. The van der Waals surface area contributed by atoms with Crippen LogP contribution < -0.4 is 0 Å². The smallest absolute Gasteiger partial charge is 0.148 e. The van der Waals surface area contributed by atoms with Crippen LogP contribution in [0, 0.1) is 6.07 Å². The number of phenols is 1. The standard InChI is InChI=1S/C52H48N3O.Pt/c1-8-34-32-42(25-26-43(34)36-15-10-9-11-16-36)55-47-19-14-18-44(49(47)54-50(55)45-17-12-13-20-48(45)56)38-29-39(31-41(30-38)52(5,6)7)46-33-37(27-28-53-46)35-21-23-40(24-22-35)51(2,3)4;/h9-28,30-33,56H,8H2,1-7H3;/q-1;/i2D3,3D3,4D3,21D,22D,23D,24D,27D,28D,33D;. The van der Waals surface area contributed by atoms with E-state index in [-0.39, 0.29) is 38.1 Å². The number of hydrogen-bond acceptors (Lipinski definition) is 3. The van der Waals surface area contributed by atoms with Gasteiger partial charge in [-0.2, -0.15) is 0 Å². The zero-order chi connectivity index (χ0) is 52.8. The van der Waals surface area contributed by atoms with E-state index in [1.165, 1.54) is 0 Å². The van der Waals surface area contributed by atoms with Crippen molar-refractivity contribution in [3.63, 3.8) is 0 Å². The van der Waals surface area contributed by atoms with Crippen LogP contribution in [-0.2, 0) is 38.3 Å². The maximum Gasteiger partial charge on any atom is 0.148 e. The summed E-state index contributed by atoms with van der Waals surface area (Å²) in [6.45, 7) is -3.79. The number of benzene rings is 6. The molecule has 5 heteroatoms. The van der Waals surface area contributed by atoms with E-state index in [1.807, 2.05) is 73.9 Å². The maximum absolute atomic E-state index is 11.3. The number of hydrogen-bond donors (Lipinski definition) is 1. The van der Waals surface area contributed by atoms with Crippen molar-refractivity contribution >= 4 is 11.0 Å². The fourth-order valence-corrected chi connectivity index (χ4v) is 6.80. The molecular formula is C52H48N3OPt-. The molecule has 0 aliphatic carbocycles. The van der Waals surface area contributed by atoms with Gasteiger partial charge < -0.3 is 5.11 Å². The summed E-state index contributed by atoms with van der Waals surface area (Å²) in [6.07, 6.45) is -0.0198. The fourth-order valence-electron chi connectivity index (χ4n) is 6.80. The Hall–Kier alpha value is -5.57. The van der Waals surface area contributed by atoms with E-state index >= 15 is 0 Å². The number of pyridine rings is 1. The summed E-state index contributed by atoms with van der Waals surface area (Å²) in [5, 5.41) is 11.3. The van der Waals surface area contributed by atoms with Crippen molar-refractivity contribution in [1.29, 1.82) is 0 Å². The molecule has 8 aromatic rings. The van der Waals surface area contributed by atoms with Gasteiger partial charge in [-0.05, 0) is 87.0 Å². The normalized spacial score (nSPS) is 16.5. The molecule has 0 aliphatic rings. The molecule has 0 spiro atoms. The molecule has 57 heavy (non-hydrogen) atoms.